The van der Waals surface area contributed by atoms with Gasteiger partial charge in [0.15, 0.2) is 5.75 Å². The minimum atomic E-state index is -0.903. The number of ether oxygens (including phenoxy) is 7. The lowest BCUT2D eigenvalue weighted by atomic mass is 10.1. The van der Waals surface area contributed by atoms with Crippen LogP contribution < -0.4 is 19.1 Å². The van der Waals surface area contributed by atoms with E-state index in [1.807, 2.05) is 0 Å². The lowest BCUT2D eigenvalue weighted by Crippen LogP contribution is -2.12. The molecule has 0 spiro atoms. The molecule has 0 aromatic heterocycles. The first-order valence-corrected chi connectivity index (χ1v) is 16.2. The van der Waals surface area contributed by atoms with Crippen molar-refractivity contribution in [1.29, 1.82) is 0 Å². The van der Waals surface area contributed by atoms with E-state index in [2.05, 4.69) is 29.1 Å². The van der Waals surface area contributed by atoms with Crippen LogP contribution in [0.15, 0.2) is 96.5 Å². The lowest BCUT2D eigenvalue weighted by Gasteiger charge is -2.10. The Bertz CT molecular complexity index is 1640. The third kappa shape index (κ3) is 15.6. The Morgan fingerprint density at radius 3 is 1.45 bits per heavy atom. The molecule has 0 unspecified atom stereocenters. The van der Waals surface area contributed by atoms with Crippen LogP contribution in [0, 0.1) is 0 Å². The van der Waals surface area contributed by atoms with Crippen molar-refractivity contribution < 1.29 is 66.9 Å². The summed E-state index contributed by atoms with van der Waals surface area (Å²) in [6.45, 7) is 7.22. The highest BCUT2D eigenvalue weighted by atomic mass is 79.9. The van der Waals surface area contributed by atoms with Gasteiger partial charge in [-0.3, -0.25) is 0 Å². The number of carbonyl (C=O) groups excluding carboxylic acids is 5. The number of esters is 3. The molecule has 14 nitrogen and oxygen atoms in total. The van der Waals surface area contributed by atoms with Crippen molar-refractivity contribution in [3.05, 3.63) is 108 Å². The van der Waals surface area contributed by atoms with E-state index in [-0.39, 0.29) is 55.8 Å². The maximum absolute atomic E-state index is 12.8. The van der Waals surface area contributed by atoms with E-state index in [1.54, 1.807) is 18.2 Å². The van der Waals surface area contributed by atoms with Crippen molar-refractivity contribution in [3.8, 4) is 23.0 Å². The molecule has 0 fully saturated rings. The van der Waals surface area contributed by atoms with Crippen molar-refractivity contribution in [2.75, 3.05) is 26.4 Å². The molecule has 15 heteroatoms. The Morgan fingerprint density at radius 2 is 1.00 bits per heavy atom. The van der Waals surface area contributed by atoms with Crippen LogP contribution in [0.25, 0.3) is 0 Å². The fourth-order valence-corrected chi connectivity index (χ4v) is 4.30. The minimum Gasteiger partial charge on any atom is -0.463 e. The first-order valence-electron chi connectivity index (χ1n) is 15.4. The summed E-state index contributed by atoms with van der Waals surface area (Å²) < 4.78 is 35.7. The highest BCUT2D eigenvalue weighted by molar-refractivity contribution is 9.10. The zero-order valence-corrected chi connectivity index (χ0v) is 29.0. The van der Waals surface area contributed by atoms with E-state index in [0.717, 1.165) is 12.2 Å². The molecule has 3 aromatic rings. The van der Waals surface area contributed by atoms with Gasteiger partial charge in [0.05, 0.1) is 32.0 Å². The molecular formula is C36H35BrO14. The number of hydrogen-bond donors (Lipinski definition) is 0. The molecule has 3 aromatic carbocycles. The SMILES string of the molecule is C=CC(=O)OCCCCOC(=O)Oc1ccc(OOCc2ccc(C(=O)Oc3ccc(OC(=O)OCCCCOC(=O)C=C)cc3)c(Br)c2)cc1. The average Bonchev–Trinajstić information content (AvgIpc) is 3.12. The van der Waals surface area contributed by atoms with Gasteiger partial charge in [-0.1, -0.05) is 19.2 Å². The maximum atomic E-state index is 12.8. The average molecular weight is 772 g/mol. The summed E-state index contributed by atoms with van der Waals surface area (Å²) in [7, 11) is 0. The molecule has 0 aliphatic rings. The van der Waals surface area contributed by atoms with Crippen molar-refractivity contribution in [1.82, 2.24) is 0 Å². The van der Waals surface area contributed by atoms with Gasteiger partial charge in [-0.2, -0.15) is 4.89 Å². The normalized spacial score (nSPS) is 10.2. The first-order chi connectivity index (χ1) is 24.7. The third-order valence-corrected chi connectivity index (χ3v) is 6.89. The van der Waals surface area contributed by atoms with Gasteiger partial charge in [0, 0.05) is 16.6 Å². The van der Waals surface area contributed by atoms with E-state index < -0.39 is 30.2 Å². The molecule has 270 valence electrons. The second kappa shape index (κ2) is 22.1. The molecule has 0 radical (unpaired) electrons. The number of benzene rings is 3. The first kappa shape index (κ1) is 39.8. The number of halogens is 1. The number of unbranched alkanes of at least 4 members (excludes halogenated alkanes) is 2. The minimum absolute atomic E-state index is 0.0420. The van der Waals surface area contributed by atoms with Crippen LogP contribution in [-0.2, 0) is 40.0 Å². The van der Waals surface area contributed by atoms with Crippen molar-refractivity contribution in [2.24, 2.45) is 0 Å². The predicted octanol–water partition coefficient (Wildman–Crippen LogP) is 7.23. The van der Waals surface area contributed by atoms with Gasteiger partial charge in [0.1, 0.15) is 23.9 Å². The summed E-state index contributed by atoms with van der Waals surface area (Å²) in [5.74, 6) is -0.669. The number of hydrogen-bond acceptors (Lipinski definition) is 14. The highest BCUT2D eigenvalue weighted by Crippen LogP contribution is 2.24. The van der Waals surface area contributed by atoms with Gasteiger partial charge in [0.2, 0.25) is 0 Å². The largest absolute Gasteiger partial charge is 0.513 e. The number of carbonyl (C=O) groups is 5. The lowest BCUT2D eigenvalue weighted by molar-refractivity contribution is -0.217. The van der Waals surface area contributed by atoms with Gasteiger partial charge < -0.3 is 38.0 Å². The molecule has 0 bridgehead atoms. The highest BCUT2D eigenvalue weighted by Gasteiger charge is 2.15. The molecule has 0 saturated heterocycles. The Morgan fingerprint density at radius 1 is 0.569 bits per heavy atom. The van der Waals surface area contributed by atoms with E-state index >= 15 is 0 Å². The van der Waals surface area contributed by atoms with Crippen LogP contribution in [0.4, 0.5) is 9.59 Å². The van der Waals surface area contributed by atoms with Gasteiger partial charge in [-0.25, -0.2) is 24.0 Å². The van der Waals surface area contributed by atoms with Crippen LogP contribution in [0.1, 0.15) is 41.6 Å². The standard InChI is InChI=1S/C36H35BrO14/c1-3-32(38)43-19-5-7-21-45-35(41)49-27-12-10-26(11-13-27)48-34(40)30-18-9-25(23-31(30)37)24-47-51-29-16-14-28(15-17-29)50-36(42)46-22-8-6-20-44-33(39)4-2/h3-4,9-18,23H,1-2,5-8,19-22,24H2. The monoisotopic (exact) mass is 770 g/mol. The maximum Gasteiger partial charge on any atom is 0.513 e. The van der Waals surface area contributed by atoms with Gasteiger partial charge in [-0.15, -0.1) is 0 Å². The van der Waals surface area contributed by atoms with Crippen LogP contribution in [0.2, 0.25) is 0 Å². The fraction of sp³-hybridized carbons (Fsp3) is 0.250. The van der Waals surface area contributed by atoms with E-state index in [9.17, 15) is 24.0 Å². The molecule has 51 heavy (non-hydrogen) atoms. The molecule has 0 heterocycles. The molecule has 0 amide bonds. The van der Waals surface area contributed by atoms with Crippen LogP contribution >= 0.6 is 15.9 Å². The fourth-order valence-electron chi connectivity index (χ4n) is 3.71. The summed E-state index contributed by atoms with van der Waals surface area (Å²) in [5, 5.41) is 0. The smallest absolute Gasteiger partial charge is 0.463 e. The zero-order chi connectivity index (χ0) is 36.8. The Kier molecular flexibility index (Phi) is 17.3. The second-order valence-electron chi connectivity index (χ2n) is 10.1. The Balaban J connectivity index is 1.34. The Hall–Kier alpha value is -5.67. The summed E-state index contributed by atoms with van der Waals surface area (Å²) in [6, 6.07) is 16.8. The summed E-state index contributed by atoms with van der Waals surface area (Å²) in [6.07, 6.45) is 2.35. The van der Waals surface area contributed by atoms with Crippen LogP contribution in [-0.4, -0.2) is 56.6 Å². The molecular weight excluding hydrogens is 736 g/mol. The van der Waals surface area contributed by atoms with Crippen LogP contribution in [0.3, 0.4) is 0 Å². The van der Waals surface area contributed by atoms with Gasteiger partial charge in [-0.05, 0) is 108 Å². The van der Waals surface area contributed by atoms with Crippen molar-refractivity contribution in [2.45, 2.75) is 32.3 Å². The summed E-state index contributed by atoms with van der Waals surface area (Å²) in [4.78, 5) is 69.0. The second-order valence-corrected chi connectivity index (χ2v) is 10.9. The molecule has 0 saturated carbocycles. The predicted molar refractivity (Wildman–Crippen MR) is 182 cm³/mol. The summed E-state index contributed by atoms with van der Waals surface area (Å²) >= 11 is 3.38. The van der Waals surface area contributed by atoms with E-state index in [4.69, 9.17) is 42.9 Å². The number of rotatable bonds is 20. The Labute approximate surface area is 301 Å². The topological polar surface area (TPSA) is 168 Å². The van der Waals surface area contributed by atoms with Gasteiger partial charge >= 0.3 is 30.2 Å². The molecule has 0 aliphatic carbocycles. The van der Waals surface area contributed by atoms with Crippen LogP contribution in [0.5, 0.6) is 23.0 Å². The van der Waals surface area contributed by atoms with Crippen molar-refractivity contribution in [3.63, 3.8) is 0 Å². The third-order valence-electron chi connectivity index (χ3n) is 6.23. The molecule has 0 N–H and O–H groups in total. The molecule has 0 aliphatic heterocycles. The zero-order valence-electron chi connectivity index (χ0n) is 27.4. The molecule has 3 rings (SSSR count). The quantitative estimate of drug-likeness (QED) is 0.0165. The van der Waals surface area contributed by atoms with E-state index in [1.165, 1.54) is 48.5 Å². The molecule has 0 atom stereocenters. The van der Waals surface area contributed by atoms with E-state index in [0.29, 0.717) is 41.5 Å². The summed E-state index contributed by atoms with van der Waals surface area (Å²) in [5.41, 5.74) is 0.940. The van der Waals surface area contributed by atoms with Gasteiger partial charge in [0.25, 0.3) is 0 Å². The van der Waals surface area contributed by atoms with Crippen molar-refractivity contribution >= 4 is 46.1 Å².